The molecule has 1 fully saturated rings. The third-order valence-electron chi connectivity index (χ3n) is 4.26. The maximum absolute atomic E-state index is 12.2. The van der Waals surface area contributed by atoms with Crippen LogP contribution in [0.1, 0.15) is 44.0 Å². The van der Waals surface area contributed by atoms with Crippen molar-refractivity contribution in [3.63, 3.8) is 0 Å². The molecule has 4 nitrogen and oxygen atoms in total. The van der Waals surface area contributed by atoms with Gasteiger partial charge in [0, 0.05) is 18.2 Å². The number of allylic oxidation sites excluding steroid dienone is 1. The van der Waals surface area contributed by atoms with Gasteiger partial charge in [0.25, 0.3) is 5.91 Å². The summed E-state index contributed by atoms with van der Waals surface area (Å²) in [4.78, 5) is 14.7. The van der Waals surface area contributed by atoms with Crippen LogP contribution in [0, 0.1) is 0 Å². The number of likely N-dealkylation sites (tertiary alicyclic amines) is 1. The molecular formula is C19H28N2O2. The van der Waals surface area contributed by atoms with Crippen LogP contribution >= 0.6 is 0 Å². The highest BCUT2D eigenvalue weighted by Crippen LogP contribution is 2.16. The minimum atomic E-state index is -0.0104. The molecule has 23 heavy (non-hydrogen) atoms. The third-order valence-corrected chi connectivity index (χ3v) is 4.26. The van der Waals surface area contributed by atoms with Gasteiger partial charge in [-0.2, -0.15) is 0 Å². The molecule has 1 aromatic rings. The summed E-state index contributed by atoms with van der Waals surface area (Å²) in [5.41, 5.74) is 1.91. The first-order valence-corrected chi connectivity index (χ1v) is 8.48. The number of nitrogens with zero attached hydrogens (tertiary/aromatic N) is 1. The lowest BCUT2D eigenvalue weighted by Crippen LogP contribution is -2.40. The van der Waals surface area contributed by atoms with Crippen LogP contribution in [-0.4, -0.2) is 43.1 Å². The predicted molar refractivity (Wildman–Crippen MR) is 94.0 cm³/mol. The largest absolute Gasteiger partial charge is 0.490 e. The number of hydrogen-bond donors (Lipinski definition) is 1. The molecular weight excluding hydrogens is 288 g/mol. The molecule has 1 saturated heterocycles. The van der Waals surface area contributed by atoms with Crippen molar-refractivity contribution in [2.24, 2.45) is 0 Å². The standard InChI is InChI=1S/C19H28N2O2/c1-4-21-12-5-6-17(21)14-20-19(22)16-7-9-18(10-8-16)23-13-11-15(2)3/h7-11,17H,4-6,12-14H2,1-3H3,(H,20,22). The molecule has 0 aliphatic carbocycles. The van der Waals surface area contributed by atoms with Crippen molar-refractivity contribution in [1.82, 2.24) is 10.2 Å². The molecule has 1 heterocycles. The number of rotatable bonds is 7. The van der Waals surface area contributed by atoms with E-state index in [2.05, 4.69) is 17.1 Å². The van der Waals surface area contributed by atoms with Gasteiger partial charge >= 0.3 is 0 Å². The zero-order valence-electron chi connectivity index (χ0n) is 14.5. The van der Waals surface area contributed by atoms with E-state index in [0.29, 0.717) is 18.2 Å². The van der Waals surface area contributed by atoms with Crippen molar-refractivity contribution < 1.29 is 9.53 Å². The molecule has 1 N–H and O–H groups in total. The van der Waals surface area contributed by atoms with Gasteiger partial charge in [0.1, 0.15) is 12.4 Å². The first-order chi connectivity index (χ1) is 11.1. The number of carbonyl (C=O) groups excluding carboxylic acids is 1. The lowest BCUT2D eigenvalue weighted by atomic mass is 10.2. The second kappa shape index (κ2) is 8.73. The van der Waals surface area contributed by atoms with Crippen LogP contribution in [0.3, 0.4) is 0 Å². The van der Waals surface area contributed by atoms with Crippen LogP contribution in [0.15, 0.2) is 35.9 Å². The fraction of sp³-hybridized carbons (Fsp3) is 0.526. The van der Waals surface area contributed by atoms with E-state index in [0.717, 1.165) is 25.4 Å². The summed E-state index contributed by atoms with van der Waals surface area (Å²) in [7, 11) is 0. The smallest absolute Gasteiger partial charge is 0.251 e. The van der Waals surface area contributed by atoms with Crippen molar-refractivity contribution >= 4 is 5.91 Å². The second-order valence-corrected chi connectivity index (χ2v) is 6.25. The third kappa shape index (κ3) is 5.39. The Hall–Kier alpha value is -1.81. The molecule has 1 unspecified atom stereocenters. The van der Waals surface area contributed by atoms with E-state index in [9.17, 15) is 4.79 Å². The maximum atomic E-state index is 12.2. The quantitative estimate of drug-likeness (QED) is 0.785. The summed E-state index contributed by atoms with van der Waals surface area (Å²) in [6.45, 7) is 9.75. The van der Waals surface area contributed by atoms with E-state index in [4.69, 9.17) is 4.74 Å². The van der Waals surface area contributed by atoms with E-state index in [1.54, 1.807) is 0 Å². The molecule has 1 aliphatic rings. The highest BCUT2D eigenvalue weighted by Gasteiger charge is 2.23. The van der Waals surface area contributed by atoms with Crippen LogP contribution in [-0.2, 0) is 0 Å². The van der Waals surface area contributed by atoms with Crippen molar-refractivity contribution in [2.75, 3.05) is 26.2 Å². The molecule has 0 aromatic heterocycles. The van der Waals surface area contributed by atoms with E-state index in [1.807, 2.05) is 44.2 Å². The molecule has 1 amide bonds. The van der Waals surface area contributed by atoms with Crippen molar-refractivity contribution in [1.29, 1.82) is 0 Å². The molecule has 0 spiro atoms. The number of benzene rings is 1. The Labute approximate surface area is 139 Å². The van der Waals surface area contributed by atoms with E-state index >= 15 is 0 Å². The van der Waals surface area contributed by atoms with E-state index < -0.39 is 0 Å². The zero-order chi connectivity index (χ0) is 16.7. The summed E-state index contributed by atoms with van der Waals surface area (Å²) in [6.07, 6.45) is 4.43. The van der Waals surface area contributed by atoms with Gasteiger partial charge in [-0.3, -0.25) is 9.69 Å². The number of amides is 1. The van der Waals surface area contributed by atoms with Gasteiger partial charge in [-0.25, -0.2) is 0 Å². The zero-order valence-corrected chi connectivity index (χ0v) is 14.5. The lowest BCUT2D eigenvalue weighted by molar-refractivity contribution is 0.0941. The van der Waals surface area contributed by atoms with Gasteiger partial charge in [-0.15, -0.1) is 0 Å². The Bertz CT molecular complexity index is 533. The van der Waals surface area contributed by atoms with Crippen molar-refractivity contribution in [2.45, 2.75) is 39.7 Å². The second-order valence-electron chi connectivity index (χ2n) is 6.25. The van der Waals surface area contributed by atoms with E-state index in [-0.39, 0.29) is 5.91 Å². The van der Waals surface area contributed by atoms with Crippen LogP contribution in [0.5, 0.6) is 5.75 Å². The molecule has 1 atom stereocenters. The van der Waals surface area contributed by atoms with E-state index in [1.165, 1.54) is 18.4 Å². The first-order valence-electron chi connectivity index (χ1n) is 8.48. The highest BCUT2D eigenvalue weighted by atomic mass is 16.5. The van der Waals surface area contributed by atoms with Gasteiger partial charge in [-0.05, 0) is 70.1 Å². The number of nitrogens with one attached hydrogen (secondary N) is 1. The summed E-state index contributed by atoms with van der Waals surface area (Å²) >= 11 is 0. The fourth-order valence-corrected chi connectivity index (χ4v) is 2.86. The molecule has 0 bridgehead atoms. The highest BCUT2D eigenvalue weighted by molar-refractivity contribution is 5.94. The Morgan fingerprint density at radius 2 is 2.09 bits per heavy atom. The molecule has 0 radical (unpaired) electrons. The number of carbonyl (C=O) groups is 1. The minimum absolute atomic E-state index is 0.0104. The van der Waals surface area contributed by atoms with Gasteiger partial charge in [0.2, 0.25) is 0 Å². The summed E-state index contributed by atoms with van der Waals surface area (Å²) in [6, 6.07) is 7.82. The molecule has 0 saturated carbocycles. The first kappa shape index (κ1) is 17.5. The average molecular weight is 316 g/mol. The average Bonchev–Trinajstić information content (AvgIpc) is 3.00. The van der Waals surface area contributed by atoms with Crippen LogP contribution < -0.4 is 10.1 Å². The summed E-state index contributed by atoms with van der Waals surface area (Å²) < 4.78 is 5.61. The molecule has 4 heteroatoms. The maximum Gasteiger partial charge on any atom is 0.251 e. The Morgan fingerprint density at radius 1 is 1.35 bits per heavy atom. The predicted octanol–water partition coefficient (Wildman–Crippen LogP) is 3.25. The van der Waals surface area contributed by atoms with Crippen molar-refractivity contribution in [3.8, 4) is 5.75 Å². The molecule has 126 valence electrons. The van der Waals surface area contributed by atoms with Crippen molar-refractivity contribution in [3.05, 3.63) is 41.5 Å². The number of likely N-dealkylation sites (N-methyl/N-ethyl adjacent to an activating group) is 1. The number of ether oxygens (including phenoxy) is 1. The monoisotopic (exact) mass is 316 g/mol. The van der Waals surface area contributed by atoms with Crippen LogP contribution in [0.4, 0.5) is 0 Å². The molecule has 1 aliphatic heterocycles. The summed E-state index contributed by atoms with van der Waals surface area (Å²) in [5.74, 6) is 0.774. The minimum Gasteiger partial charge on any atom is -0.490 e. The topological polar surface area (TPSA) is 41.6 Å². The normalized spacial score (nSPS) is 17.8. The lowest BCUT2D eigenvalue weighted by Gasteiger charge is -2.22. The van der Waals surface area contributed by atoms with Gasteiger partial charge in [0.15, 0.2) is 0 Å². The van der Waals surface area contributed by atoms with Gasteiger partial charge < -0.3 is 10.1 Å². The molecule has 1 aromatic carbocycles. The molecule has 2 rings (SSSR count). The number of hydrogen-bond acceptors (Lipinski definition) is 3. The fourth-order valence-electron chi connectivity index (χ4n) is 2.86. The van der Waals surface area contributed by atoms with Crippen LogP contribution in [0.2, 0.25) is 0 Å². The SMILES string of the molecule is CCN1CCCC1CNC(=O)c1ccc(OCC=C(C)C)cc1. The summed E-state index contributed by atoms with van der Waals surface area (Å²) in [5, 5.41) is 3.05. The van der Waals surface area contributed by atoms with Gasteiger partial charge in [-0.1, -0.05) is 12.5 Å². The Balaban J connectivity index is 1.81. The Morgan fingerprint density at radius 3 is 2.74 bits per heavy atom. The Kier molecular flexibility index (Phi) is 6.66. The van der Waals surface area contributed by atoms with Crippen LogP contribution in [0.25, 0.3) is 0 Å². The van der Waals surface area contributed by atoms with Gasteiger partial charge in [0.05, 0.1) is 0 Å².